The van der Waals surface area contributed by atoms with Crippen LogP contribution in [0.3, 0.4) is 0 Å². The predicted molar refractivity (Wildman–Crippen MR) is 193 cm³/mol. The Bertz CT molecular complexity index is 2070. The molecule has 6 aliphatic rings. The van der Waals surface area contributed by atoms with Crippen LogP contribution in [0.2, 0.25) is 0 Å². The van der Waals surface area contributed by atoms with E-state index in [0.29, 0.717) is 22.3 Å². The average molecular weight is 701 g/mol. The molecule has 0 unspecified atom stereocenters. The molecule has 2 aliphatic heterocycles. The van der Waals surface area contributed by atoms with E-state index in [-0.39, 0.29) is 33.8 Å². The molecule has 2 fully saturated rings. The van der Waals surface area contributed by atoms with E-state index >= 15 is 0 Å². The van der Waals surface area contributed by atoms with Gasteiger partial charge in [-0.3, -0.25) is 29.0 Å². The molecule has 50 heavy (non-hydrogen) atoms. The zero-order valence-corrected chi connectivity index (χ0v) is 30.3. The highest BCUT2D eigenvalue weighted by atomic mass is 32.1. The van der Waals surface area contributed by atoms with Crippen LogP contribution in [0.15, 0.2) is 45.6 Å². The number of carbonyl (C=O) groups is 4. The Kier molecular flexibility index (Phi) is 7.45. The zero-order chi connectivity index (χ0) is 35.3. The third-order valence-corrected chi connectivity index (χ3v) is 14.3. The molecule has 0 saturated heterocycles. The van der Waals surface area contributed by atoms with Gasteiger partial charge in [-0.2, -0.15) is 10.5 Å². The molecule has 0 aromatic carbocycles. The summed E-state index contributed by atoms with van der Waals surface area (Å²) in [7, 11) is 2.86. The molecule has 10 heteroatoms. The van der Waals surface area contributed by atoms with Gasteiger partial charge in [0.2, 0.25) is 0 Å². The summed E-state index contributed by atoms with van der Waals surface area (Å²) in [5, 5.41) is 19.5. The van der Waals surface area contributed by atoms with Gasteiger partial charge < -0.3 is 0 Å². The van der Waals surface area contributed by atoms with Gasteiger partial charge in [-0.15, -0.1) is 22.7 Å². The molecule has 0 atom stereocenters. The summed E-state index contributed by atoms with van der Waals surface area (Å²) >= 11 is 3.46. The second-order valence-corrected chi connectivity index (χ2v) is 16.7. The number of allylic oxidation sites excluding steroid dienone is 2. The van der Waals surface area contributed by atoms with Crippen LogP contribution >= 0.6 is 22.7 Å². The largest absolute Gasteiger partial charge is 0.277 e. The standard InChI is InChI=1S/C40H36N4O4S2/c1-21-25(35(45)43(3)37(47)27(21)19-41)15-23-17-29-33(49-23)31-32(39(29)11-7-5-8-12-39)34-30(40(31)13-9-6-10-14-40)18-24(50-34)16-26-22(2)28(20-42)38(48)44(4)36(26)46/h15-18H,5-14H2,1-4H3/b25-15+,26-16+. The maximum atomic E-state index is 13.3. The van der Waals surface area contributed by atoms with Crippen molar-refractivity contribution in [3.63, 3.8) is 0 Å². The van der Waals surface area contributed by atoms with Gasteiger partial charge in [0.15, 0.2) is 0 Å². The van der Waals surface area contributed by atoms with Crippen LogP contribution in [-0.4, -0.2) is 47.5 Å². The molecule has 0 bridgehead atoms. The highest BCUT2D eigenvalue weighted by molar-refractivity contribution is 7.16. The fourth-order valence-electron chi connectivity index (χ4n) is 9.48. The van der Waals surface area contributed by atoms with Crippen LogP contribution in [0.25, 0.3) is 23.3 Å². The molecule has 2 aromatic heterocycles. The molecule has 2 saturated carbocycles. The van der Waals surface area contributed by atoms with Crippen molar-refractivity contribution >= 4 is 69.6 Å². The first-order valence-electron chi connectivity index (χ1n) is 17.3. The summed E-state index contributed by atoms with van der Waals surface area (Å²) in [4.78, 5) is 58.6. The van der Waals surface area contributed by atoms with Crippen molar-refractivity contribution in [2.45, 2.75) is 88.9 Å². The van der Waals surface area contributed by atoms with E-state index in [9.17, 15) is 29.7 Å². The van der Waals surface area contributed by atoms with Crippen LogP contribution in [0, 0.1) is 22.7 Å². The lowest BCUT2D eigenvalue weighted by atomic mass is 9.67. The van der Waals surface area contributed by atoms with Gasteiger partial charge in [0.25, 0.3) is 23.6 Å². The fourth-order valence-corrected chi connectivity index (χ4v) is 12.2. The predicted octanol–water partition coefficient (Wildman–Crippen LogP) is 7.60. The average Bonchev–Trinajstić information content (AvgIpc) is 3.85. The van der Waals surface area contributed by atoms with E-state index in [4.69, 9.17) is 0 Å². The Morgan fingerprint density at radius 1 is 0.620 bits per heavy atom. The van der Waals surface area contributed by atoms with Crippen molar-refractivity contribution in [1.29, 1.82) is 10.5 Å². The lowest BCUT2D eigenvalue weighted by Gasteiger charge is -2.37. The Hall–Kier alpha value is -4.64. The number of imide groups is 2. The smallest absolute Gasteiger partial charge is 0.271 e. The Morgan fingerprint density at radius 3 is 1.32 bits per heavy atom. The molecule has 0 N–H and O–H groups in total. The fraction of sp³-hybridized carbons (Fsp3) is 0.400. The molecule has 4 heterocycles. The molecule has 2 aromatic rings. The highest BCUT2D eigenvalue weighted by Crippen LogP contribution is 2.71. The van der Waals surface area contributed by atoms with Crippen LogP contribution in [-0.2, 0) is 30.0 Å². The van der Waals surface area contributed by atoms with Gasteiger partial charge in [0.1, 0.15) is 23.3 Å². The first kappa shape index (κ1) is 32.6. The molecular weight excluding hydrogens is 665 g/mol. The van der Waals surface area contributed by atoms with E-state index < -0.39 is 11.8 Å². The number of likely N-dealkylation sites (N-methyl/N-ethyl adjacent to an activating group) is 2. The number of hydrogen-bond acceptors (Lipinski definition) is 8. The number of rotatable bonds is 2. The first-order valence-corrected chi connectivity index (χ1v) is 19.0. The number of amides is 4. The zero-order valence-electron chi connectivity index (χ0n) is 28.6. The molecule has 252 valence electrons. The number of nitriles is 2. The number of carbonyl (C=O) groups excluding carboxylic acids is 4. The third kappa shape index (κ3) is 4.25. The van der Waals surface area contributed by atoms with Crippen molar-refractivity contribution in [2.24, 2.45) is 0 Å². The van der Waals surface area contributed by atoms with Gasteiger partial charge in [-0.25, -0.2) is 0 Å². The lowest BCUT2D eigenvalue weighted by Crippen LogP contribution is -2.39. The van der Waals surface area contributed by atoms with Gasteiger partial charge in [-0.05, 0) is 97.2 Å². The lowest BCUT2D eigenvalue weighted by molar-refractivity contribution is -0.140. The molecule has 8 nitrogen and oxygen atoms in total. The highest BCUT2D eigenvalue weighted by Gasteiger charge is 2.58. The van der Waals surface area contributed by atoms with Crippen molar-refractivity contribution in [1.82, 2.24) is 9.80 Å². The first-order chi connectivity index (χ1) is 24.0. The second-order valence-electron chi connectivity index (χ2n) is 14.5. The Morgan fingerprint density at radius 2 is 0.980 bits per heavy atom. The van der Waals surface area contributed by atoms with Crippen LogP contribution in [0.5, 0.6) is 0 Å². The monoisotopic (exact) mass is 700 g/mol. The van der Waals surface area contributed by atoms with Crippen molar-refractivity contribution < 1.29 is 19.2 Å². The maximum Gasteiger partial charge on any atom is 0.271 e. The molecule has 4 aliphatic carbocycles. The SMILES string of the molecule is CC1=C(C#N)C(=O)N(C)C(=O)/C1=C/c1cc2c(s1)C1=C(c3sc(/C=C4/C(=O)N(C)C(=O)C(C#N)=C4C)cc3C13CCCCC3)C21CCCCC1. The maximum absolute atomic E-state index is 13.3. The Balaban J connectivity index is 1.32. The van der Waals surface area contributed by atoms with Gasteiger partial charge in [0, 0.05) is 55.6 Å². The van der Waals surface area contributed by atoms with E-state index in [0.717, 1.165) is 70.9 Å². The van der Waals surface area contributed by atoms with Crippen molar-refractivity contribution in [3.8, 4) is 12.1 Å². The molecule has 2 spiro atoms. The van der Waals surface area contributed by atoms with Gasteiger partial charge >= 0.3 is 0 Å². The molecule has 4 amide bonds. The van der Waals surface area contributed by atoms with Crippen LogP contribution < -0.4 is 0 Å². The third-order valence-electron chi connectivity index (χ3n) is 12.1. The topological polar surface area (TPSA) is 122 Å². The number of fused-ring (bicyclic) bond motifs is 8. The number of nitrogens with zero attached hydrogens (tertiary/aromatic N) is 4. The quantitative estimate of drug-likeness (QED) is 0.235. The minimum absolute atomic E-state index is 0.00561. The van der Waals surface area contributed by atoms with E-state index in [1.54, 1.807) is 36.5 Å². The van der Waals surface area contributed by atoms with Crippen LogP contribution in [0.4, 0.5) is 0 Å². The summed E-state index contributed by atoms with van der Waals surface area (Å²) in [6.45, 7) is 3.37. The van der Waals surface area contributed by atoms with E-state index in [1.807, 2.05) is 24.3 Å². The van der Waals surface area contributed by atoms with Crippen molar-refractivity contribution in [2.75, 3.05) is 14.1 Å². The Labute approximate surface area is 299 Å². The van der Waals surface area contributed by atoms with E-state index in [1.165, 1.54) is 59.0 Å². The molecular formula is C40H36N4O4S2. The minimum Gasteiger partial charge on any atom is -0.277 e. The van der Waals surface area contributed by atoms with Gasteiger partial charge in [0.05, 0.1) is 0 Å². The summed E-state index contributed by atoms with van der Waals surface area (Å²) in [5.74, 6) is -1.90. The minimum atomic E-state index is -0.562. The number of hydrogen-bond donors (Lipinski definition) is 0. The molecule has 8 rings (SSSR count). The summed E-state index contributed by atoms with van der Waals surface area (Å²) in [6.07, 6.45) is 14.8. The number of thiophene rings is 2. The molecule has 0 radical (unpaired) electrons. The summed E-state index contributed by atoms with van der Waals surface area (Å²) in [5.41, 5.74) is 6.94. The summed E-state index contributed by atoms with van der Waals surface area (Å²) in [6, 6.07) is 8.57. The van der Waals surface area contributed by atoms with Crippen LogP contribution in [0.1, 0.15) is 109 Å². The van der Waals surface area contributed by atoms with E-state index in [2.05, 4.69) is 12.1 Å². The van der Waals surface area contributed by atoms with Gasteiger partial charge in [-0.1, -0.05) is 38.5 Å². The normalized spacial score (nSPS) is 24.2. The second kappa shape index (κ2) is 11.4. The summed E-state index contributed by atoms with van der Waals surface area (Å²) < 4.78 is 0. The van der Waals surface area contributed by atoms with Crippen molar-refractivity contribution in [3.05, 3.63) is 76.2 Å².